The van der Waals surface area contributed by atoms with E-state index >= 15 is 0 Å². The maximum absolute atomic E-state index is 13.4. The Hall–Kier alpha value is -3.00. The van der Waals surface area contributed by atoms with Gasteiger partial charge in [0.25, 0.3) is 5.91 Å². The Bertz CT molecular complexity index is 1190. The molecule has 2 aliphatic rings. The zero-order valence-corrected chi connectivity index (χ0v) is 20.7. The Morgan fingerprint density at radius 2 is 1.76 bits per heavy atom. The topological polar surface area (TPSA) is 78.4 Å². The minimum absolute atomic E-state index is 0.0153. The van der Waals surface area contributed by atoms with Crippen LogP contribution in [-0.4, -0.2) is 52.3 Å². The Labute approximate surface area is 204 Å². The normalized spacial score (nSPS) is 16.9. The summed E-state index contributed by atoms with van der Waals surface area (Å²) in [5.74, 6) is 0.158. The van der Waals surface area contributed by atoms with Gasteiger partial charge in [0.05, 0.1) is 22.3 Å². The zero-order valence-electron chi connectivity index (χ0n) is 19.8. The smallest absolute Gasteiger partial charge is 0.257 e. The van der Waals surface area contributed by atoms with E-state index in [2.05, 4.69) is 50.8 Å². The van der Waals surface area contributed by atoms with E-state index < -0.39 is 0 Å². The standard InChI is InChI=1S/C26H31N5O2S/c1-17-5-7-19(8-6-17)15-27-24(32)20-9-13-30(14-10-20)23-21(26(33)31-11-3-4-12-31)16-28-25-22(23)18(2)29-34-25/h5-8,16,20H,3-4,9-15H2,1-2H3,(H,27,32). The molecule has 2 saturated heterocycles. The van der Waals surface area contributed by atoms with Crippen molar-refractivity contribution in [3.63, 3.8) is 0 Å². The average Bonchev–Trinajstić information content (AvgIpc) is 3.53. The molecule has 34 heavy (non-hydrogen) atoms. The second kappa shape index (κ2) is 9.70. The van der Waals surface area contributed by atoms with Gasteiger partial charge < -0.3 is 15.1 Å². The van der Waals surface area contributed by atoms with Crippen molar-refractivity contribution in [2.45, 2.75) is 46.1 Å². The van der Waals surface area contributed by atoms with Crippen LogP contribution in [-0.2, 0) is 11.3 Å². The van der Waals surface area contributed by atoms with E-state index in [4.69, 9.17) is 0 Å². The number of pyridine rings is 1. The predicted molar refractivity (Wildman–Crippen MR) is 135 cm³/mol. The first kappa shape index (κ1) is 22.8. The lowest BCUT2D eigenvalue weighted by atomic mass is 9.94. The number of carbonyl (C=O) groups excluding carboxylic acids is 2. The van der Waals surface area contributed by atoms with Crippen LogP contribution >= 0.6 is 11.5 Å². The van der Waals surface area contributed by atoms with E-state index in [9.17, 15) is 9.59 Å². The third-order valence-electron chi connectivity index (χ3n) is 7.04. The van der Waals surface area contributed by atoms with Crippen LogP contribution in [0.2, 0.25) is 0 Å². The number of piperidine rings is 1. The second-order valence-electron chi connectivity index (χ2n) is 9.43. The number of amides is 2. The van der Waals surface area contributed by atoms with Crippen molar-refractivity contribution in [2.75, 3.05) is 31.1 Å². The fourth-order valence-electron chi connectivity index (χ4n) is 5.02. The van der Waals surface area contributed by atoms with Gasteiger partial charge in [0, 0.05) is 44.8 Å². The van der Waals surface area contributed by atoms with Crippen LogP contribution in [0.4, 0.5) is 5.69 Å². The van der Waals surface area contributed by atoms with Crippen LogP contribution in [0.5, 0.6) is 0 Å². The number of likely N-dealkylation sites (tertiary alicyclic amines) is 1. The summed E-state index contributed by atoms with van der Waals surface area (Å²) in [7, 11) is 0. The molecule has 5 rings (SSSR count). The number of fused-ring (bicyclic) bond motifs is 1. The third-order valence-corrected chi connectivity index (χ3v) is 7.89. The largest absolute Gasteiger partial charge is 0.370 e. The van der Waals surface area contributed by atoms with Crippen molar-refractivity contribution in [1.82, 2.24) is 19.6 Å². The molecule has 1 aromatic carbocycles. The molecular formula is C26H31N5O2S. The van der Waals surface area contributed by atoms with Gasteiger partial charge in [-0.2, -0.15) is 4.37 Å². The molecule has 2 fully saturated rings. The van der Waals surface area contributed by atoms with Crippen LogP contribution in [0.15, 0.2) is 30.5 Å². The SMILES string of the molecule is Cc1ccc(CNC(=O)C2CCN(c3c(C(=O)N4CCCC4)cnc4snc(C)c34)CC2)cc1. The Morgan fingerprint density at radius 3 is 2.47 bits per heavy atom. The van der Waals surface area contributed by atoms with Crippen molar-refractivity contribution in [3.05, 3.63) is 52.8 Å². The van der Waals surface area contributed by atoms with E-state index in [1.807, 2.05) is 11.8 Å². The third kappa shape index (κ3) is 4.51. The van der Waals surface area contributed by atoms with Gasteiger partial charge in [-0.05, 0) is 56.6 Å². The average molecular weight is 478 g/mol. The molecule has 0 spiro atoms. The molecule has 8 heteroatoms. The van der Waals surface area contributed by atoms with E-state index in [1.54, 1.807) is 6.20 Å². The maximum atomic E-state index is 13.4. The summed E-state index contributed by atoms with van der Waals surface area (Å²) in [6, 6.07) is 8.25. The van der Waals surface area contributed by atoms with Crippen molar-refractivity contribution in [1.29, 1.82) is 0 Å². The summed E-state index contributed by atoms with van der Waals surface area (Å²) in [5, 5.41) is 4.09. The highest BCUT2D eigenvalue weighted by molar-refractivity contribution is 7.13. The number of hydrogen-bond donors (Lipinski definition) is 1. The first-order valence-corrected chi connectivity index (χ1v) is 12.9. The molecule has 2 aliphatic heterocycles. The lowest BCUT2D eigenvalue weighted by Gasteiger charge is -2.34. The van der Waals surface area contributed by atoms with E-state index in [1.165, 1.54) is 17.1 Å². The van der Waals surface area contributed by atoms with Gasteiger partial charge in [-0.3, -0.25) is 9.59 Å². The molecule has 0 radical (unpaired) electrons. The Morgan fingerprint density at radius 1 is 1.06 bits per heavy atom. The summed E-state index contributed by atoms with van der Waals surface area (Å²) in [5.41, 5.74) is 4.86. The number of nitrogens with one attached hydrogen (secondary N) is 1. The summed E-state index contributed by atoms with van der Waals surface area (Å²) in [6.07, 6.45) is 5.36. The van der Waals surface area contributed by atoms with Crippen molar-refractivity contribution < 1.29 is 9.59 Å². The van der Waals surface area contributed by atoms with Gasteiger partial charge in [0.1, 0.15) is 4.83 Å². The van der Waals surface area contributed by atoms with Gasteiger partial charge in [-0.1, -0.05) is 29.8 Å². The van der Waals surface area contributed by atoms with E-state index in [0.29, 0.717) is 12.1 Å². The number of rotatable bonds is 5. The zero-order chi connectivity index (χ0) is 23.7. The van der Waals surface area contributed by atoms with Crippen molar-refractivity contribution in [2.24, 2.45) is 5.92 Å². The minimum Gasteiger partial charge on any atom is -0.370 e. The highest BCUT2D eigenvalue weighted by Gasteiger charge is 2.31. The number of anilines is 1. The highest BCUT2D eigenvalue weighted by Crippen LogP contribution is 2.37. The molecule has 178 valence electrons. The predicted octanol–water partition coefficient (Wildman–Crippen LogP) is 4.08. The molecule has 2 amide bonds. The molecular weight excluding hydrogens is 446 g/mol. The quantitative estimate of drug-likeness (QED) is 0.599. The molecule has 3 aromatic rings. The van der Waals surface area contributed by atoms with Crippen LogP contribution in [0.3, 0.4) is 0 Å². The van der Waals surface area contributed by atoms with Gasteiger partial charge in [0.2, 0.25) is 5.91 Å². The fourth-order valence-corrected chi connectivity index (χ4v) is 5.77. The van der Waals surface area contributed by atoms with Crippen molar-refractivity contribution >= 4 is 39.3 Å². The van der Waals surface area contributed by atoms with E-state index in [-0.39, 0.29) is 17.7 Å². The van der Waals surface area contributed by atoms with Crippen molar-refractivity contribution in [3.8, 4) is 0 Å². The summed E-state index contributed by atoms with van der Waals surface area (Å²) in [6.45, 7) is 7.68. The first-order valence-electron chi connectivity index (χ1n) is 12.1. The van der Waals surface area contributed by atoms with Gasteiger partial charge in [-0.25, -0.2) is 4.98 Å². The maximum Gasteiger partial charge on any atom is 0.257 e. The Balaban J connectivity index is 1.31. The molecule has 1 N–H and O–H groups in total. The number of aromatic nitrogens is 2. The monoisotopic (exact) mass is 477 g/mol. The highest BCUT2D eigenvalue weighted by atomic mass is 32.1. The van der Waals surface area contributed by atoms with Gasteiger partial charge >= 0.3 is 0 Å². The summed E-state index contributed by atoms with van der Waals surface area (Å²) < 4.78 is 4.51. The van der Waals surface area contributed by atoms with Crippen LogP contribution in [0.1, 0.15) is 52.9 Å². The summed E-state index contributed by atoms with van der Waals surface area (Å²) in [4.78, 5) is 35.9. The molecule has 0 aliphatic carbocycles. The van der Waals surface area contributed by atoms with Gasteiger partial charge in [-0.15, -0.1) is 0 Å². The summed E-state index contributed by atoms with van der Waals surface area (Å²) >= 11 is 1.38. The first-order chi connectivity index (χ1) is 16.5. The molecule has 0 atom stereocenters. The molecule has 0 bridgehead atoms. The number of benzene rings is 1. The molecule has 2 aromatic heterocycles. The molecule has 4 heterocycles. The lowest BCUT2D eigenvalue weighted by molar-refractivity contribution is -0.125. The van der Waals surface area contributed by atoms with Crippen LogP contribution in [0, 0.1) is 19.8 Å². The lowest BCUT2D eigenvalue weighted by Crippen LogP contribution is -2.41. The van der Waals surface area contributed by atoms with E-state index in [0.717, 1.165) is 79.0 Å². The van der Waals surface area contributed by atoms with Gasteiger partial charge in [0.15, 0.2) is 0 Å². The number of carbonyl (C=O) groups is 2. The molecule has 0 unspecified atom stereocenters. The number of nitrogens with zero attached hydrogens (tertiary/aromatic N) is 4. The second-order valence-corrected chi connectivity index (χ2v) is 10.2. The minimum atomic E-state index is -0.0153. The Kier molecular flexibility index (Phi) is 6.50. The molecule has 0 saturated carbocycles. The van der Waals surface area contributed by atoms with Crippen LogP contribution in [0.25, 0.3) is 10.2 Å². The number of aryl methyl sites for hydroxylation is 2. The van der Waals surface area contributed by atoms with Crippen LogP contribution < -0.4 is 10.2 Å². The molecule has 7 nitrogen and oxygen atoms in total. The number of hydrogen-bond acceptors (Lipinski definition) is 6. The fraction of sp³-hybridized carbons (Fsp3) is 0.462.